The highest BCUT2D eigenvalue weighted by molar-refractivity contribution is 5.85. The zero-order valence-corrected chi connectivity index (χ0v) is 18.6. The second-order valence-corrected chi connectivity index (χ2v) is 9.14. The van der Waals surface area contributed by atoms with E-state index in [2.05, 4.69) is 61.9 Å². The summed E-state index contributed by atoms with van der Waals surface area (Å²) < 4.78 is 14.2. The first-order valence-electron chi connectivity index (χ1n) is 11.2. The Balaban J connectivity index is 1.61. The molecule has 2 heterocycles. The number of hydrogen-bond acceptors (Lipinski definition) is 4. The SMILES string of the molecule is Cc1ccc2c(c1)c([C@H]1C[C@@H](O)C[C@@H](CO)O1)cn2Cc1ccc(OCC(C)C)cc1. The Labute approximate surface area is 184 Å². The zero-order chi connectivity index (χ0) is 22.0. The summed E-state index contributed by atoms with van der Waals surface area (Å²) in [7, 11) is 0. The summed E-state index contributed by atoms with van der Waals surface area (Å²) in [6.07, 6.45) is 2.16. The van der Waals surface area contributed by atoms with E-state index in [0.717, 1.165) is 28.8 Å². The van der Waals surface area contributed by atoms with Crippen molar-refractivity contribution in [2.75, 3.05) is 13.2 Å². The van der Waals surface area contributed by atoms with Crippen LogP contribution in [0.3, 0.4) is 0 Å². The molecule has 0 saturated carbocycles. The number of rotatable bonds is 7. The average molecular weight is 424 g/mol. The molecule has 0 unspecified atom stereocenters. The van der Waals surface area contributed by atoms with Gasteiger partial charge in [-0.15, -0.1) is 0 Å². The van der Waals surface area contributed by atoms with Crippen molar-refractivity contribution >= 4 is 10.9 Å². The molecular weight excluding hydrogens is 390 g/mol. The van der Waals surface area contributed by atoms with Crippen molar-refractivity contribution < 1.29 is 19.7 Å². The molecule has 166 valence electrons. The Kier molecular flexibility index (Phi) is 6.65. The van der Waals surface area contributed by atoms with Crippen LogP contribution in [0.5, 0.6) is 5.75 Å². The molecule has 3 atom stereocenters. The van der Waals surface area contributed by atoms with Gasteiger partial charge in [-0.2, -0.15) is 0 Å². The third kappa shape index (κ3) is 5.12. The summed E-state index contributed by atoms with van der Waals surface area (Å²) >= 11 is 0. The van der Waals surface area contributed by atoms with Gasteiger partial charge in [0.1, 0.15) is 5.75 Å². The van der Waals surface area contributed by atoms with Gasteiger partial charge in [0, 0.05) is 42.0 Å². The average Bonchev–Trinajstić information content (AvgIpc) is 3.10. The molecule has 31 heavy (non-hydrogen) atoms. The normalized spacial score (nSPS) is 21.7. The highest BCUT2D eigenvalue weighted by atomic mass is 16.5. The van der Waals surface area contributed by atoms with Crippen molar-refractivity contribution in [3.8, 4) is 5.75 Å². The van der Waals surface area contributed by atoms with E-state index in [-0.39, 0.29) is 18.8 Å². The van der Waals surface area contributed by atoms with Crippen LogP contribution in [0.15, 0.2) is 48.7 Å². The highest BCUT2D eigenvalue weighted by Gasteiger charge is 2.31. The van der Waals surface area contributed by atoms with Crippen molar-refractivity contribution in [1.29, 1.82) is 0 Å². The van der Waals surface area contributed by atoms with E-state index in [0.29, 0.717) is 25.4 Å². The predicted octanol–water partition coefficient (Wildman–Crippen LogP) is 4.61. The Morgan fingerprint density at radius 1 is 1.13 bits per heavy atom. The number of benzene rings is 2. The molecule has 1 fully saturated rings. The number of hydrogen-bond donors (Lipinski definition) is 2. The number of aliphatic hydroxyl groups excluding tert-OH is 2. The standard InChI is InChI=1S/C26H33NO4/c1-17(2)16-30-21-7-5-19(6-8-21)13-27-14-24(23-10-18(3)4-9-25(23)27)26-12-20(29)11-22(15-28)31-26/h4-10,14,17,20,22,26,28-29H,11-13,15-16H2,1-3H3/t20-,22-,26+/m0/s1. The zero-order valence-electron chi connectivity index (χ0n) is 18.6. The number of ether oxygens (including phenoxy) is 2. The Morgan fingerprint density at radius 3 is 2.61 bits per heavy atom. The monoisotopic (exact) mass is 423 g/mol. The highest BCUT2D eigenvalue weighted by Crippen LogP contribution is 2.37. The largest absolute Gasteiger partial charge is 0.493 e. The van der Waals surface area contributed by atoms with Crippen LogP contribution in [0.4, 0.5) is 0 Å². The van der Waals surface area contributed by atoms with Crippen LogP contribution in [0, 0.1) is 12.8 Å². The topological polar surface area (TPSA) is 63.8 Å². The minimum atomic E-state index is -0.461. The lowest BCUT2D eigenvalue weighted by Crippen LogP contribution is -2.33. The van der Waals surface area contributed by atoms with Crippen molar-refractivity contribution in [3.05, 3.63) is 65.4 Å². The maximum absolute atomic E-state index is 10.3. The lowest BCUT2D eigenvalue weighted by molar-refractivity contribution is -0.113. The van der Waals surface area contributed by atoms with Crippen LogP contribution in [0.25, 0.3) is 10.9 Å². The molecule has 2 aromatic carbocycles. The van der Waals surface area contributed by atoms with Gasteiger partial charge >= 0.3 is 0 Å². The lowest BCUT2D eigenvalue weighted by atomic mass is 9.95. The fraction of sp³-hybridized carbons (Fsp3) is 0.462. The van der Waals surface area contributed by atoms with Gasteiger partial charge in [-0.05, 0) is 42.7 Å². The first kappa shape index (κ1) is 21.9. The van der Waals surface area contributed by atoms with Crippen molar-refractivity contribution in [3.63, 3.8) is 0 Å². The van der Waals surface area contributed by atoms with Gasteiger partial charge in [-0.25, -0.2) is 0 Å². The van der Waals surface area contributed by atoms with E-state index in [9.17, 15) is 10.2 Å². The molecule has 0 spiro atoms. The molecule has 1 aliphatic heterocycles. The van der Waals surface area contributed by atoms with E-state index in [1.54, 1.807) is 0 Å². The van der Waals surface area contributed by atoms with Crippen molar-refractivity contribution in [2.24, 2.45) is 5.92 Å². The van der Waals surface area contributed by atoms with Crippen LogP contribution in [-0.2, 0) is 11.3 Å². The molecule has 1 aliphatic rings. The second kappa shape index (κ2) is 9.43. The minimum absolute atomic E-state index is 0.0730. The predicted molar refractivity (Wildman–Crippen MR) is 122 cm³/mol. The number of fused-ring (bicyclic) bond motifs is 1. The van der Waals surface area contributed by atoms with Crippen LogP contribution in [0.2, 0.25) is 0 Å². The summed E-state index contributed by atoms with van der Waals surface area (Å²) in [4.78, 5) is 0. The molecule has 5 nitrogen and oxygen atoms in total. The molecule has 4 rings (SSSR count). The van der Waals surface area contributed by atoms with Crippen LogP contribution in [-0.4, -0.2) is 40.2 Å². The summed E-state index contributed by atoms with van der Waals surface area (Å²) in [5, 5.41) is 21.0. The number of nitrogens with zero attached hydrogens (tertiary/aromatic N) is 1. The first-order chi connectivity index (χ1) is 14.9. The van der Waals surface area contributed by atoms with Crippen LogP contribution in [0.1, 0.15) is 49.5 Å². The second-order valence-electron chi connectivity index (χ2n) is 9.14. The molecule has 1 saturated heterocycles. The van der Waals surface area contributed by atoms with Crippen molar-refractivity contribution in [1.82, 2.24) is 4.57 Å². The fourth-order valence-corrected chi connectivity index (χ4v) is 4.28. The number of aryl methyl sites for hydroxylation is 1. The van der Waals surface area contributed by atoms with E-state index in [1.807, 2.05) is 12.1 Å². The molecular formula is C26H33NO4. The van der Waals surface area contributed by atoms with Gasteiger partial charge in [-0.1, -0.05) is 37.6 Å². The third-order valence-electron chi connectivity index (χ3n) is 5.86. The maximum atomic E-state index is 10.3. The van der Waals surface area contributed by atoms with E-state index < -0.39 is 6.10 Å². The Hall–Kier alpha value is -2.34. The van der Waals surface area contributed by atoms with Gasteiger partial charge < -0.3 is 24.3 Å². The summed E-state index contributed by atoms with van der Waals surface area (Å²) in [5.41, 5.74) is 4.60. The van der Waals surface area contributed by atoms with Crippen LogP contribution >= 0.6 is 0 Å². The molecule has 1 aromatic heterocycles. The molecule has 0 amide bonds. The smallest absolute Gasteiger partial charge is 0.119 e. The molecule has 3 aromatic rings. The lowest BCUT2D eigenvalue weighted by Gasteiger charge is -2.32. The molecule has 0 aliphatic carbocycles. The molecule has 0 bridgehead atoms. The van der Waals surface area contributed by atoms with Gasteiger partial charge in [0.15, 0.2) is 0 Å². The van der Waals surface area contributed by atoms with Crippen LogP contribution < -0.4 is 4.74 Å². The van der Waals surface area contributed by atoms with Gasteiger partial charge in [-0.3, -0.25) is 0 Å². The van der Waals surface area contributed by atoms with E-state index in [1.165, 1.54) is 11.1 Å². The van der Waals surface area contributed by atoms with Gasteiger partial charge in [0.05, 0.1) is 31.5 Å². The summed E-state index contributed by atoms with van der Waals surface area (Å²) in [6, 6.07) is 14.7. The quantitative estimate of drug-likeness (QED) is 0.583. The number of aliphatic hydroxyl groups is 2. The molecule has 0 radical (unpaired) electrons. The molecule has 2 N–H and O–H groups in total. The summed E-state index contributed by atoms with van der Waals surface area (Å²) in [5.74, 6) is 1.39. The van der Waals surface area contributed by atoms with Gasteiger partial charge in [0.2, 0.25) is 0 Å². The maximum Gasteiger partial charge on any atom is 0.119 e. The molecule has 5 heteroatoms. The van der Waals surface area contributed by atoms with Crippen molar-refractivity contribution in [2.45, 2.75) is 58.5 Å². The Morgan fingerprint density at radius 2 is 1.90 bits per heavy atom. The summed E-state index contributed by atoms with van der Waals surface area (Å²) in [6.45, 7) is 7.75. The fourth-order valence-electron chi connectivity index (χ4n) is 4.28. The van der Waals surface area contributed by atoms with E-state index in [4.69, 9.17) is 9.47 Å². The number of aromatic nitrogens is 1. The Bertz CT molecular complexity index is 1010. The van der Waals surface area contributed by atoms with E-state index >= 15 is 0 Å². The first-order valence-corrected chi connectivity index (χ1v) is 11.2. The van der Waals surface area contributed by atoms with Gasteiger partial charge in [0.25, 0.3) is 0 Å². The minimum Gasteiger partial charge on any atom is -0.493 e. The third-order valence-corrected chi connectivity index (χ3v) is 5.86.